The van der Waals surface area contributed by atoms with Crippen LogP contribution in [0.15, 0.2) is 41.2 Å². The van der Waals surface area contributed by atoms with Crippen molar-refractivity contribution in [3.8, 4) is 0 Å². The van der Waals surface area contributed by atoms with Crippen LogP contribution in [-0.4, -0.2) is 65.3 Å². The van der Waals surface area contributed by atoms with Crippen LogP contribution in [-0.2, 0) is 11.3 Å². The summed E-state index contributed by atoms with van der Waals surface area (Å²) < 4.78 is 18.8. The number of aromatic nitrogens is 2. The summed E-state index contributed by atoms with van der Waals surface area (Å²) >= 11 is 0. The second kappa shape index (κ2) is 8.68. The molecular formula is C18H21FN4O3. The largest absolute Gasteiger partial charge is 0.379 e. The van der Waals surface area contributed by atoms with Crippen LogP contribution in [0.4, 0.5) is 4.39 Å². The number of amides is 1. The highest BCUT2D eigenvalue weighted by atomic mass is 19.1. The van der Waals surface area contributed by atoms with Crippen molar-refractivity contribution in [1.82, 2.24) is 20.0 Å². The van der Waals surface area contributed by atoms with Gasteiger partial charge in [0, 0.05) is 38.8 Å². The predicted octanol–water partition coefficient (Wildman–Crippen LogP) is 0.884. The van der Waals surface area contributed by atoms with Gasteiger partial charge in [0.05, 0.1) is 13.2 Å². The molecule has 3 rings (SSSR count). The van der Waals surface area contributed by atoms with Gasteiger partial charge in [0.25, 0.3) is 11.5 Å². The first-order chi connectivity index (χ1) is 12.6. The molecule has 26 heavy (non-hydrogen) atoms. The van der Waals surface area contributed by atoms with Gasteiger partial charge < -0.3 is 9.64 Å². The number of rotatable bonds is 6. The van der Waals surface area contributed by atoms with Crippen LogP contribution in [0.25, 0.3) is 0 Å². The average molecular weight is 360 g/mol. The molecule has 0 unspecified atom stereocenters. The van der Waals surface area contributed by atoms with Gasteiger partial charge in [-0.2, -0.15) is 5.10 Å². The molecule has 2 aromatic rings. The Kier molecular flexibility index (Phi) is 6.08. The van der Waals surface area contributed by atoms with Gasteiger partial charge >= 0.3 is 0 Å². The smallest absolute Gasteiger partial charge is 0.274 e. The SMILES string of the molecule is O=C(c1ccc(=O)[nH]n1)N(CCN1CCOCC1)Cc1cccc(F)c1. The van der Waals surface area contributed by atoms with Crippen molar-refractivity contribution in [3.05, 3.63) is 63.8 Å². The van der Waals surface area contributed by atoms with E-state index in [1.165, 1.54) is 24.3 Å². The Bertz CT molecular complexity index is 785. The third kappa shape index (κ3) is 4.96. The van der Waals surface area contributed by atoms with E-state index in [9.17, 15) is 14.0 Å². The Morgan fingerprint density at radius 2 is 2.08 bits per heavy atom. The fourth-order valence-electron chi connectivity index (χ4n) is 2.82. The molecule has 0 aliphatic carbocycles. The first-order valence-electron chi connectivity index (χ1n) is 8.51. The summed E-state index contributed by atoms with van der Waals surface area (Å²) in [6.07, 6.45) is 0. The number of H-pyrrole nitrogens is 1. The van der Waals surface area contributed by atoms with E-state index in [2.05, 4.69) is 15.1 Å². The molecule has 8 heteroatoms. The quantitative estimate of drug-likeness (QED) is 0.828. The molecule has 0 atom stereocenters. The van der Waals surface area contributed by atoms with E-state index < -0.39 is 0 Å². The zero-order valence-corrected chi connectivity index (χ0v) is 14.4. The molecule has 1 saturated heterocycles. The number of ether oxygens (including phenoxy) is 1. The fraction of sp³-hybridized carbons (Fsp3) is 0.389. The third-order valence-electron chi connectivity index (χ3n) is 4.24. The minimum atomic E-state index is -0.369. The molecule has 138 valence electrons. The number of carbonyl (C=O) groups excluding carboxylic acids is 1. The molecule has 0 bridgehead atoms. The number of hydrogen-bond acceptors (Lipinski definition) is 5. The zero-order chi connectivity index (χ0) is 18.4. The first-order valence-corrected chi connectivity index (χ1v) is 8.51. The number of hydrogen-bond donors (Lipinski definition) is 1. The number of nitrogens with zero attached hydrogens (tertiary/aromatic N) is 3. The summed E-state index contributed by atoms with van der Waals surface area (Å²) in [5.41, 5.74) is 0.485. The minimum absolute atomic E-state index is 0.156. The second-order valence-corrected chi connectivity index (χ2v) is 6.12. The lowest BCUT2D eigenvalue weighted by Crippen LogP contribution is -2.43. The first kappa shape index (κ1) is 18.2. The van der Waals surface area contributed by atoms with Gasteiger partial charge in [-0.05, 0) is 23.8 Å². The van der Waals surface area contributed by atoms with Crippen molar-refractivity contribution >= 4 is 5.91 Å². The van der Waals surface area contributed by atoms with Crippen LogP contribution in [0.2, 0.25) is 0 Å². The highest BCUT2D eigenvalue weighted by molar-refractivity contribution is 5.92. The van der Waals surface area contributed by atoms with Crippen molar-refractivity contribution in [2.45, 2.75) is 6.54 Å². The van der Waals surface area contributed by atoms with E-state index in [1.807, 2.05) is 0 Å². The van der Waals surface area contributed by atoms with E-state index in [-0.39, 0.29) is 29.5 Å². The Morgan fingerprint density at radius 1 is 1.27 bits per heavy atom. The van der Waals surface area contributed by atoms with Gasteiger partial charge in [-0.15, -0.1) is 0 Å². The molecule has 0 saturated carbocycles. The van der Waals surface area contributed by atoms with E-state index in [0.717, 1.165) is 13.1 Å². The van der Waals surface area contributed by atoms with Crippen molar-refractivity contribution < 1.29 is 13.9 Å². The Balaban J connectivity index is 1.74. The van der Waals surface area contributed by atoms with E-state index >= 15 is 0 Å². The maximum absolute atomic E-state index is 13.5. The van der Waals surface area contributed by atoms with Gasteiger partial charge in [0.15, 0.2) is 0 Å². The molecule has 1 amide bonds. The Hall–Kier alpha value is -2.58. The molecule has 1 aliphatic rings. The van der Waals surface area contributed by atoms with Crippen molar-refractivity contribution in [2.75, 3.05) is 39.4 Å². The lowest BCUT2D eigenvalue weighted by atomic mass is 10.2. The standard InChI is InChI=1S/C18H21FN4O3/c19-15-3-1-2-14(12-15)13-23(7-6-22-8-10-26-11-9-22)18(25)16-4-5-17(24)21-20-16/h1-5,12H,6-11,13H2,(H,21,24). The maximum Gasteiger partial charge on any atom is 0.274 e. The zero-order valence-electron chi connectivity index (χ0n) is 14.4. The number of halogens is 1. The molecule has 1 aliphatic heterocycles. The average Bonchev–Trinajstić information content (AvgIpc) is 2.66. The molecule has 1 N–H and O–H groups in total. The molecule has 7 nitrogen and oxygen atoms in total. The number of carbonyl (C=O) groups is 1. The molecule has 0 spiro atoms. The molecule has 2 heterocycles. The van der Waals surface area contributed by atoms with Crippen molar-refractivity contribution in [2.24, 2.45) is 0 Å². The highest BCUT2D eigenvalue weighted by Gasteiger charge is 2.20. The number of morpholine rings is 1. The van der Waals surface area contributed by atoms with Gasteiger partial charge in [-0.25, -0.2) is 9.49 Å². The molecule has 1 aromatic carbocycles. The lowest BCUT2D eigenvalue weighted by molar-refractivity contribution is 0.0319. The Labute approximate surface area is 150 Å². The summed E-state index contributed by atoms with van der Waals surface area (Å²) in [6.45, 7) is 4.42. The van der Waals surface area contributed by atoms with E-state index in [1.54, 1.807) is 17.0 Å². The molecule has 1 fully saturated rings. The van der Waals surface area contributed by atoms with E-state index in [4.69, 9.17) is 4.74 Å². The number of benzene rings is 1. The van der Waals surface area contributed by atoms with Crippen molar-refractivity contribution in [1.29, 1.82) is 0 Å². The maximum atomic E-state index is 13.5. The van der Waals surface area contributed by atoms with Crippen LogP contribution in [0, 0.1) is 5.82 Å². The summed E-state index contributed by atoms with van der Waals surface area (Å²) in [6, 6.07) is 8.84. The normalized spacial score (nSPS) is 15.0. The summed E-state index contributed by atoms with van der Waals surface area (Å²) in [4.78, 5) is 27.8. The van der Waals surface area contributed by atoms with Crippen LogP contribution >= 0.6 is 0 Å². The summed E-state index contributed by atoms with van der Waals surface area (Å²) in [5.74, 6) is -0.649. The Morgan fingerprint density at radius 3 is 2.77 bits per heavy atom. The lowest BCUT2D eigenvalue weighted by Gasteiger charge is -2.30. The second-order valence-electron chi connectivity index (χ2n) is 6.12. The molecule has 0 radical (unpaired) electrons. The summed E-state index contributed by atoms with van der Waals surface area (Å²) in [5, 5.41) is 6.09. The predicted molar refractivity (Wildman–Crippen MR) is 93.3 cm³/mol. The van der Waals surface area contributed by atoms with Crippen molar-refractivity contribution in [3.63, 3.8) is 0 Å². The molecule has 1 aromatic heterocycles. The third-order valence-corrected chi connectivity index (χ3v) is 4.24. The minimum Gasteiger partial charge on any atom is -0.379 e. The van der Waals surface area contributed by atoms with Crippen LogP contribution in [0.3, 0.4) is 0 Å². The highest BCUT2D eigenvalue weighted by Crippen LogP contribution is 2.10. The van der Waals surface area contributed by atoms with Gasteiger partial charge in [-0.3, -0.25) is 14.5 Å². The van der Waals surface area contributed by atoms with Gasteiger partial charge in [0.1, 0.15) is 11.5 Å². The fourth-order valence-corrected chi connectivity index (χ4v) is 2.82. The topological polar surface area (TPSA) is 78.5 Å². The van der Waals surface area contributed by atoms with Gasteiger partial charge in [0.2, 0.25) is 0 Å². The van der Waals surface area contributed by atoms with Crippen LogP contribution in [0.5, 0.6) is 0 Å². The van der Waals surface area contributed by atoms with Crippen LogP contribution in [0.1, 0.15) is 16.1 Å². The van der Waals surface area contributed by atoms with Gasteiger partial charge in [-0.1, -0.05) is 12.1 Å². The monoisotopic (exact) mass is 360 g/mol. The number of nitrogens with one attached hydrogen (secondary N) is 1. The van der Waals surface area contributed by atoms with E-state index in [0.29, 0.717) is 31.9 Å². The number of aromatic amines is 1. The van der Waals surface area contributed by atoms with Crippen LogP contribution < -0.4 is 5.56 Å². The summed E-state index contributed by atoms with van der Waals surface area (Å²) in [7, 11) is 0. The molecular weight excluding hydrogens is 339 g/mol.